The van der Waals surface area contributed by atoms with Gasteiger partial charge in [0.15, 0.2) is 0 Å². The van der Waals surface area contributed by atoms with Gasteiger partial charge in [-0.05, 0) is 56.0 Å². The first-order valence-corrected chi connectivity index (χ1v) is 11.7. The van der Waals surface area contributed by atoms with Gasteiger partial charge in [0.2, 0.25) is 11.8 Å². The van der Waals surface area contributed by atoms with Crippen LogP contribution in [0.15, 0.2) is 60.9 Å². The van der Waals surface area contributed by atoms with Gasteiger partial charge in [-0.15, -0.1) is 0 Å². The van der Waals surface area contributed by atoms with Crippen molar-refractivity contribution in [3.8, 4) is 28.5 Å². The molecule has 0 spiro atoms. The molecule has 0 radical (unpaired) electrons. The van der Waals surface area contributed by atoms with E-state index >= 15 is 0 Å². The van der Waals surface area contributed by atoms with Crippen molar-refractivity contribution in [1.82, 2.24) is 25.3 Å². The number of aromatic amines is 1. The fourth-order valence-corrected chi connectivity index (χ4v) is 4.34. The summed E-state index contributed by atoms with van der Waals surface area (Å²) in [4.78, 5) is 28.8. The number of para-hydroxylation sites is 2. The number of pyridine rings is 2. The number of aromatic nitrogens is 4. The van der Waals surface area contributed by atoms with E-state index in [1.165, 1.54) is 0 Å². The standard InChI is InChI=1S/C26H24F3N5O2/c27-26(28,29)15-32-25(35)16-5-9-19(10-6-16)36-23-12-8-17(13-31-23)20-11-7-18(14-30-20)24-33-21-3-1-2-4-22(21)34-24/h1-4,7-8,11-14,16,19H,5-6,9-10,15H2,(H,32,35)(H,33,34)/t16-,19-. The smallest absolute Gasteiger partial charge is 0.405 e. The van der Waals surface area contributed by atoms with Crippen molar-refractivity contribution in [2.75, 3.05) is 6.54 Å². The molecule has 1 aliphatic rings. The quantitative estimate of drug-likeness (QED) is 0.379. The molecule has 3 aromatic heterocycles. The lowest BCUT2D eigenvalue weighted by Gasteiger charge is -2.28. The van der Waals surface area contributed by atoms with Gasteiger partial charge in [0.1, 0.15) is 18.5 Å². The van der Waals surface area contributed by atoms with Crippen molar-refractivity contribution in [3.05, 3.63) is 60.9 Å². The topological polar surface area (TPSA) is 92.8 Å². The highest BCUT2D eigenvalue weighted by atomic mass is 19.4. The van der Waals surface area contributed by atoms with Gasteiger partial charge >= 0.3 is 6.18 Å². The summed E-state index contributed by atoms with van der Waals surface area (Å²) < 4.78 is 42.8. The van der Waals surface area contributed by atoms with Gasteiger partial charge in [0.25, 0.3) is 0 Å². The summed E-state index contributed by atoms with van der Waals surface area (Å²) in [6.45, 7) is -1.30. The average molecular weight is 496 g/mol. The number of imidazole rings is 1. The Labute approximate surface area is 205 Å². The van der Waals surface area contributed by atoms with E-state index in [1.54, 1.807) is 18.5 Å². The van der Waals surface area contributed by atoms with Crippen molar-refractivity contribution in [2.24, 2.45) is 5.92 Å². The molecule has 0 bridgehead atoms. The van der Waals surface area contributed by atoms with Crippen molar-refractivity contribution in [1.29, 1.82) is 0 Å². The van der Waals surface area contributed by atoms with E-state index < -0.39 is 24.5 Å². The molecular formula is C26H24F3N5O2. The lowest BCUT2D eigenvalue weighted by Crippen LogP contribution is -2.39. The Morgan fingerprint density at radius 1 is 0.972 bits per heavy atom. The first-order valence-electron chi connectivity index (χ1n) is 11.7. The van der Waals surface area contributed by atoms with E-state index in [-0.39, 0.29) is 6.10 Å². The van der Waals surface area contributed by atoms with Gasteiger partial charge in [-0.2, -0.15) is 13.2 Å². The Bertz CT molecular complexity index is 1300. The van der Waals surface area contributed by atoms with Crippen molar-refractivity contribution in [3.63, 3.8) is 0 Å². The minimum absolute atomic E-state index is 0.128. The molecule has 1 aliphatic carbocycles. The Hall–Kier alpha value is -3.95. The molecule has 7 nitrogen and oxygen atoms in total. The first-order chi connectivity index (χ1) is 17.3. The lowest BCUT2D eigenvalue weighted by molar-refractivity contribution is -0.141. The number of ether oxygens (including phenoxy) is 1. The first kappa shape index (κ1) is 23.8. The molecule has 1 saturated carbocycles. The summed E-state index contributed by atoms with van der Waals surface area (Å²) in [7, 11) is 0. The largest absolute Gasteiger partial charge is 0.474 e. The van der Waals surface area contributed by atoms with Crippen LogP contribution < -0.4 is 10.1 Å². The number of alkyl halides is 3. The van der Waals surface area contributed by atoms with Gasteiger partial charge in [0, 0.05) is 35.5 Å². The van der Waals surface area contributed by atoms with Crippen LogP contribution in [-0.2, 0) is 4.79 Å². The van der Waals surface area contributed by atoms with Gasteiger partial charge < -0.3 is 15.0 Å². The Morgan fingerprint density at radius 2 is 1.72 bits per heavy atom. The number of carbonyl (C=O) groups excluding carboxylic acids is 1. The van der Waals surface area contributed by atoms with Crippen LogP contribution in [0, 0.1) is 5.92 Å². The molecule has 3 heterocycles. The van der Waals surface area contributed by atoms with Gasteiger partial charge in [-0.3, -0.25) is 9.78 Å². The van der Waals surface area contributed by atoms with E-state index in [9.17, 15) is 18.0 Å². The zero-order valence-electron chi connectivity index (χ0n) is 19.3. The highest BCUT2D eigenvalue weighted by Crippen LogP contribution is 2.29. The van der Waals surface area contributed by atoms with Crippen molar-refractivity contribution >= 4 is 16.9 Å². The third kappa shape index (κ3) is 5.64. The highest BCUT2D eigenvalue weighted by molar-refractivity contribution is 5.79. The minimum atomic E-state index is -4.40. The molecule has 0 aliphatic heterocycles. The molecule has 5 rings (SSSR count). The Morgan fingerprint density at radius 3 is 2.39 bits per heavy atom. The Kier molecular flexibility index (Phi) is 6.58. The van der Waals surface area contributed by atoms with Gasteiger partial charge in [-0.25, -0.2) is 9.97 Å². The summed E-state index contributed by atoms with van der Waals surface area (Å²) >= 11 is 0. The number of H-pyrrole nitrogens is 1. The van der Waals surface area contributed by atoms with E-state index in [1.807, 2.05) is 47.8 Å². The Balaban J connectivity index is 1.15. The molecule has 1 fully saturated rings. The maximum atomic E-state index is 12.3. The summed E-state index contributed by atoms with van der Waals surface area (Å²) in [6.07, 6.45) is 1.05. The number of halogens is 3. The van der Waals surface area contributed by atoms with E-state index in [2.05, 4.69) is 19.9 Å². The van der Waals surface area contributed by atoms with Crippen molar-refractivity contribution in [2.45, 2.75) is 38.0 Å². The summed E-state index contributed by atoms with van der Waals surface area (Å²) in [5, 5.41) is 1.97. The highest BCUT2D eigenvalue weighted by Gasteiger charge is 2.32. The van der Waals surface area contributed by atoms with E-state index in [0.29, 0.717) is 31.6 Å². The van der Waals surface area contributed by atoms with Crippen LogP contribution in [0.25, 0.3) is 33.7 Å². The zero-order chi connectivity index (χ0) is 25.1. The number of hydrogen-bond donors (Lipinski definition) is 2. The molecule has 10 heteroatoms. The predicted octanol–water partition coefficient (Wildman–Crippen LogP) is 5.30. The minimum Gasteiger partial charge on any atom is -0.474 e. The SMILES string of the molecule is O=C(NCC(F)(F)F)[C@H]1CC[C@H](Oc2ccc(-c3ccc(-c4nc5ccccc5[nH]4)cn3)cn2)CC1. The average Bonchev–Trinajstić information content (AvgIpc) is 3.32. The second-order valence-corrected chi connectivity index (χ2v) is 8.84. The predicted molar refractivity (Wildman–Crippen MR) is 128 cm³/mol. The molecule has 1 amide bonds. The van der Waals surface area contributed by atoms with E-state index in [0.717, 1.165) is 33.7 Å². The molecule has 0 atom stereocenters. The zero-order valence-corrected chi connectivity index (χ0v) is 19.3. The summed E-state index contributed by atoms with van der Waals surface area (Å²) in [5.41, 5.74) is 4.34. The number of rotatable bonds is 6. The molecule has 2 N–H and O–H groups in total. The van der Waals surface area contributed by atoms with Crippen molar-refractivity contribution < 1.29 is 22.7 Å². The number of nitrogens with zero attached hydrogens (tertiary/aromatic N) is 3. The number of nitrogens with one attached hydrogen (secondary N) is 2. The molecule has 186 valence electrons. The monoisotopic (exact) mass is 495 g/mol. The third-order valence-corrected chi connectivity index (χ3v) is 6.25. The summed E-state index contributed by atoms with van der Waals surface area (Å²) in [5.74, 6) is 0.246. The fourth-order valence-electron chi connectivity index (χ4n) is 4.34. The maximum absolute atomic E-state index is 12.3. The molecule has 0 unspecified atom stereocenters. The molecule has 1 aromatic carbocycles. The third-order valence-electron chi connectivity index (χ3n) is 6.25. The molecule has 4 aromatic rings. The second kappa shape index (κ2) is 9.96. The normalized spacial score (nSPS) is 18.2. The molecule has 0 saturated heterocycles. The number of amides is 1. The summed E-state index contributed by atoms with van der Waals surface area (Å²) in [6, 6.07) is 15.3. The fraction of sp³-hybridized carbons (Fsp3) is 0.308. The van der Waals surface area contributed by atoms with Crippen LogP contribution in [0.3, 0.4) is 0 Å². The van der Waals surface area contributed by atoms with Crippen LogP contribution >= 0.6 is 0 Å². The number of benzene rings is 1. The van der Waals surface area contributed by atoms with Crippen LogP contribution in [0.1, 0.15) is 25.7 Å². The van der Waals surface area contributed by atoms with Crippen LogP contribution in [-0.4, -0.2) is 44.7 Å². The van der Waals surface area contributed by atoms with Crippen LogP contribution in [0.5, 0.6) is 5.88 Å². The molecule has 36 heavy (non-hydrogen) atoms. The molecular weight excluding hydrogens is 471 g/mol. The second-order valence-electron chi connectivity index (χ2n) is 8.84. The lowest BCUT2D eigenvalue weighted by atomic mass is 9.87. The van der Waals surface area contributed by atoms with E-state index in [4.69, 9.17) is 4.74 Å². The van der Waals surface area contributed by atoms with Crippen LogP contribution in [0.2, 0.25) is 0 Å². The number of hydrogen-bond acceptors (Lipinski definition) is 5. The number of fused-ring (bicyclic) bond motifs is 1. The van der Waals surface area contributed by atoms with Gasteiger partial charge in [0.05, 0.1) is 16.7 Å². The van der Waals surface area contributed by atoms with Crippen LogP contribution in [0.4, 0.5) is 13.2 Å². The number of carbonyl (C=O) groups is 1. The van der Waals surface area contributed by atoms with Gasteiger partial charge in [-0.1, -0.05) is 12.1 Å². The maximum Gasteiger partial charge on any atom is 0.405 e.